The molecule has 0 aliphatic carbocycles. The third-order valence-corrected chi connectivity index (χ3v) is 22.2. The van der Waals surface area contributed by atoms with Gasteiger partial charge in [-0.15, -0.1) is 0 Å². The molecule has 2 bridgehead atoms. The third-order valence-electron chi connectivity index (χ3n) is 12.7. The molecule has 2 heterocycles. The Bertz CT molecular complexity index is 1730. The first kappa shape index (κ1) is 47.3. The molecule has 58 heavy (non-hydrogen) atoms. The average molecular weight is 829 g/mol. The zero-order chi connectivity index (χ0) is 42.9. The lowest BCUT2D eigenvalue weighted by Gasteiger charge is -2.43. The topological polar surface area (TPSA) is 80.3 Å². The van der Waals surface area contributed by atoms with Crippen LogP contribution < -0.4 is 10.4 Å². The van der Waals surface area contributed by atoms with Crippen molar-refractivity contribution >= 4 is 38.9 Å². The van der Waals surface area contributed by atoms with Gasteiger partial charge in [0.05, 0.1) is 18.8 Å². The van der Waals surface area contributed by atoms with Crippen molar-refractivity contribution in [1.29, 1.82) is 0 Å². The maximum Gasteiger partial charge on any atom is 0.330 e. The molecule has 0 N–H and O–H groups in total. The Hall–Kier alpha value is -3.35. The summed E-state index contributed by atoms with van der Waals surface area (Å²) >= 11 is 0. The van der Waals surface area contributed by atoms with E-state index >= 15 is 0 Å². The van der Waals surface area contributed by atoms with Gasteiger partial charge < -0.3 is 23.1 Å². The summed E-state index contributed by atoms with van der Waals surface area (Å²) in [7, 11) is -3.31. The molecule has 2 aromatic rings. The van der Waals surface area contributed by atoms with Crippen molar-refractivity contribution in [2.24, 2.45) is 17.8 Å². The van der Waals surface area contributed by atoms with Gasteiger partial charge in [-0.3, -0.25) is 4.79 Å². The molecule has 2 aliphatic heterocycles. The number of fused-ring (bicyclic) bond motifs is 2. The normalized spacial score (nSPS) is 26.4. The van der Waals surface area contributed by atoms with Crippen molar-refractivity contribution < 1.29 is 32.7 Å². The molecule has 1 saturated heterocycles. The van der Waals surface area contributed by atoms with E-state index in [1.807, 2.05) is 6.08 Å². The van der Waals surface area contributed by atoms with E-state index in [4.69, 9.17) is 23.1 Å². The van der Waals surface area contributed by atoms with Crippen molar-refractivity contribution in [3.8, 4) is 0 Å². The molecule has 1 fully saturated rings. The fourth-order valence-electron chi connectivity index (χ4n) is 8.20. The molecule has 2 aliphatic rings. The van der Waals surface area contributed by atoms with E-state index in [-0.39, 0.29) is 52.1 Å². The van der Waals surface area contributed by atoms with Crippen LogP contribution >= 0.6 is 0 Å². The van der Waals surface area contributed by atoms with E-state index in [0.717, 1.165) is 17.6 Å². The average Bonchev–Trinajstić information content (AvgIpc) is 3.15. The van der Waals surface area contributed by atoms with Crippen molar-refractivity contribution in [3.05, 3.63) is 108 Å². The van der Waals surface area contributed by atoms with Gasteiger partial charge >= 0.3 is 11.9 Å². The fourth-order valence-corrected chi connectivity index (χ4v) is 14.0. The van der Waals surface area contributed by atoms with E-state index < -0.39 is 28.7 Å². The smallest absolute Gasteiger partial charge is 0.330 e. The van der Waals surface area contributed by atoms with Crippen LogP contribution in [0.1, 0.15) is 94.9 Å². The van der Waals surface area contributed by atoms with Gasteiger partial charge in [0.2, 0.25) is 0 Å². The highest BCUT2D eigenvalue weighted by atomic mass is 28.4. The van der Waals surface area contributed by atoms with E-state index in [1.54, 1.807) is 7.11 Å². The summed E-state index contributed by atoms with van der Waals surface area (Å²) in [6, 6.07) is 21.3. The number of esters is 2. The molecule has 0 amide bonds. The van der Waals surface area contributed by atoms with Crippen LogP contribution in [0.4, 0.5) is 0 Å². The number of hydrogen-bond donors (Lipinski definition) is 0. The van der Waals surface area contributed by atoms with Crippen LogP contribution in [-0.2, 0) is 32.7 Å². The number of benzene rings is 2. The van der Waals surface area contributed by atoms with Crippen LogP contribution in [0.15, 0.2) is 108 Å². The Morgan fingerprint density at radius 2 is 1.52 bits per heavy atom. The molecule has 9 heteroatoms. The highest BCUT2D eigenvalue weighted by Crippen LogP contribution is 2.40. The maximum atomic E-state index is 13.7. The first-order chi connectivity index (χ1) is 27.2. The van der Waals surface area contributed by atoms with Gasteiger partial charge in [-0.25, -0.2) is 4.79 Å². The van der Waals surface area contributed by atoms with Crippen molar-refractivity contribution in [1.82, 2.24) is 0 Å². The molecule has 0 spiro atoms. The number of cyclic esters (lactones) is 1. The van der Waals surface area contributed by atoms with E-state index in [2.05, 4.69) is 167 Å². The molecule has 2 aromatic carbocycles. The molecular weight excluding hydrogens is 757 g/mol. The molecule has 4 rings (SSSR count). The second kappa shape index (κ2) is 20.3. The largest absolute Gasteiger partial charge is 0.462 e. The molecule has 0 unspecified atom stereocenters. The zero-order valence-electron chi connectivity index (χ0n) is 37.7. The summed E-state index contributed by atoms with van der Waals surface area (Å²) in [5, 5.41) is 2.27. The molecule has 7 atom stereocenters. The minimum absolute atomic E-state index is 0.0334. The Morgan fingerprint density at radius 1 is 0.914 bits per heavy atom. The summed E-state index contributed by atoms with van der Waals surface area (Å²) in [5.74, 6) is -0.680. The first-order valence-electron chi connectivity index (χ1n) is 21.2. The van der Waals surface area contributed by atoms with Gasteiger partial charge in [0.15, 0.2) is 8.32 Å². The Kier molecular flexibility index (Phi) is 16.5. The van der Waals surface area contributed by atoms with Crippen LogP contribution in [-0.4, -0.2) is 66.7 Å². The van der Waals surface area contributed by atoms with Crippen LogP contribution in [0, 0.1) is 17.8 Å². The molecule has 0 saturated carbocycles. The minimum atomic E-state index is -2.76. The molecule has 318 valence electrons. The summed E-state index contributed by atoms with van der Waals surface area (Å²) in [5.41, 5.74) is 2.05. The summed E-state index contributed by atoms with van der Waals surface area (Å²) < 4.78 is 32.9. The Morgan fingerprint density at radius 3 is 2.07 bits per heavy atom. The van der Waals surface area contributed by atoms with Gasteiger partial charge in [0.1, 0.15) is 12.2 Å². The van der Waals surface area contributed by atoms with Crippen LogP contribution in [0.5, 0.6) is 0 Å². The first-order valence-corrected chi connectivity index (χ1v) is 26.1. The number of carbonyl (C=O) groups is 2. The second-order valence-electron chi connectivity index (χ2n) is 19.1. The van der Waals surface area contributed by atoms with E-state index in [1.165, 1.54) is 16.4 Å². The lowest BCUT2D eigenvalue weighted by atomic mass is 9.86. The SMILES string of the molecule is CO[C@@H](/C(C)=C/CO[Si](c1ccccc1)(c1ccccc1)C(C)(C)C)[C@@H](C)[C@@H]1C[C@H](O[Si](C)(C)C(C)(C)C)/C(C)=C/C=C/[C@@H](C)[C@H]2C[C@@H](C/C=C/C(=O)O1)CC(=O)O2. The summed E-state index contributed by atoms with van der Waals surface area (Å²) in [6.07, 6.45) is 12.6. The lowest BCUT2D eigenvalue weighted by Crippen LogP contribution is -2.66. The predicted octanol–water partition coefficient (Wildman–Crippen LogP) is 10.3. The number of carbonyl (C=O) groups excluding carboxylic acids is 2. The van der Waals surface area contributed by atoms with Gasteiger partial charge in [0.25, 0.3) is 8.32 Å². The monoisotopic (exact) mass is 828 g/mol. The third kappa shape index (κ3) is 11.9. The van der Waals surface area contributed by atoms with Gasteiger partial charge in [0, 0.05) is 37.9 Å². The highest BCUT2D eigenvalue weighted by Gasteiger charge is 2.50. The summed E-state index contributed by atoms with van der Waals surface area (Å²) in [4.78, 5) is 26.3. The molecule has 0 radical (unpaired) electrons. The number of rotatable bonds is 11. The zero-order valence-corrected chi connectivity index (χ0v) is 39.7. The Balaban J connectivity index is 1.71. The number of hydrogen-bond acceptors (Lipinski definition) is 7. The van der Waals surface area contributed by atoms with Crippen LogP contribution in [0.2, 0.25) is 23.2 Å². The lowest BCUT2D eigenvalue weighted by molar-refractivity contribution is -0.158. The van der Waals surface area contributed by atoms with Crippen molar-refractivity contribution in [3.63, 3.8) is 0 Å². The van der Waals surface area contributed by atoms with Gasteiger partial charge in [-0.1, -0.05) is 146 Å². The number of allylic oxidation sites excluding steroid dienone is 3. The fraction of sp³-hybridized carbons (Fsp3) is 0.551. The standard InChI is InChI=1S/C49H72O7Si2/c1-35-22-20-23-36(2)43(56-57(12,13)48(5,6)7)34-44(55-45(50)29-21-24-39-32-42(35)54-46(51)33-39)38(4)47(52-11)37(3)30-31-53-58(49(8,9)10,40-25-16-14-17-26-40)41-27-18-15-19-28-41/h14-23,25-30,35,38-39,42-44,47H,24,31-34H2,1-13H3/b22-20+,29-21+,36-23+,37-30+/t35-,38+,39-,42-,43+,44+,47+/m1/s1. The molecule has 0 aromatic heterocycles. The van der Waals surface area contributed by atoms with E-state index in [9.17, 15) is 9.59 Å². The Labute approximate surface area is 352 Å². The van der Waals surface area contributed by atoms with Gasteiger partial charge in [-0.05, 0) is 77.3 Å². The van der Waals surface area contributed by atoms with E-state index in [0.29, 0.717) is 25.9 Å². The quantitative estimate of drug-likeness (QED) is 0.127. The minimum Gasteiger partial charge on any atom is -0.462 e. The van der Waals surface area contributed by atoms with Crippen LogP contribution in [0.25, 0.3) is 0 Å². The second-order valence-corrected chi connectivity index (χ2v) is 28.2. The predicted molar refractivity (Wildman–Crippen MR) is 242 cm³/mol. The number of ether oxygens (including phenoxy) is 3. The van der Waals surface area contributed by atoms with Crippen molar-refractivity contribution in [2.75, 3.05) is 13.7 Å². The van der Waals surface area contributed by atoms with Gasteiger partial charge in [-0.2, -0.15) is 0 Å². The molecule has 7 nitrogen and oxygen atoms in total. The maximum absolute atomic E-state index is 13.7. The summed E-state index contributed by atoms with van der Waals surface area (Å²) in [6.45, 7) is 26.9. The number of methoxy groups -OCH3 is 1. The van der Waals surface area contributed by atoms with Crippen molar-refractivity contribution in [2.45, 2.75) is 143 Å². The highest BCUT2D eigenvalue weighted by molar-refractivity contribution is 6.99. The molecular formula is C49H72O7Si2. The van der Waals surface area contributed by atoms with Crippen LogP contribution in [0.3, 0.4) is 0 Å².